The van der Waals surface area contributed by atoms with Crippen LogP contribution in [0.4, 0.5) is 0 Å². The third-order valence-electron chi connectivity index (χ3n) is 2.25. The molecular weight excluding hydrogens is 249 g/mol. The predicted molar refractivity (Wildman–Crippen MR) is 56.6 cm³/mol. The first-order valence-corrected chi connectivity index (χ1v) is 5.82. The van der Waals surface area contributed by atoms with Gasteiger partial charge in [0.05, 0.1) is 10.5 Å². The van der Waals surface area contributed by atoms with Crippen LogP contribution in [0.2, 0.25) is 0 Å². The second-order valence-corrected chi connectivity index (χ2v) is 4.55. The van der Waals surface area contributed by atoms with E-state index in [1.807, 2.05) is 0 Å². The van der Waals surface area contributed by atoms with Crippen LogP contribution in [-0.4, -0.2) is 13.0 Å². The van der Waals surface area contributed by atoms with Gasteiger partial charge < -0.3 is 4.55 Å². The number of hydrogen-bond acceptors (Lipinski definition) is 4. The Morgan fingerprint density at radius 2 is 1.76 bits per heavy atom. The minimum absolute atomic E-state index is 0. The molecule has 0 spiro atoms. The minimum Gasteiger partial charge on any atom is -0.744 e. The van der Waals surface area contributed by atoms with Crippen molar-refractivity contribution in [2.45, 2.75) is 4.90 Å². The molecular formula is C11H6NNaO3S. The molecule has 6 heteroatoms. The van der Waals surface area contributed by atoms with Crippen LogP contribution in [0.15, 0.2) is 41.3 Å². The summed E-state index contributed by atoms with van der Waals surface area (Å²) in [5.41, 5.74) is -0.117. The number of fused-ring (bicyclic) bond motifs is 1. The molecule has 0 heterocycles. The standard InChI is InChI=1S/C11H7NO3S.Na/c12-7-9-6-5-8-3-1-2-4-10(8)11(9)16(13,14)15;/h1-6H,(H,13,14,15);/q;+1/p-1. The van der Waals surface area contributed by atoms with Crippen LogP contribution in [0.3, 0.4) is 0 Å². The summed E-state index contributed by atoms with van der Waals surface area (Å²) in [4.78, 5) is -0.437. The maximum atomic E-state index is 11.1. The summed E-state index contributed by atoms with van der Waals surface area (Å²) in [6, 6.07) is 11.2. The molecule has 4 nitrogen and oxygen atoms in total. The fourth-order valence-electron chi connectivity index (χ4n) is 1.60. The number of hydrogen-bond donors (Lipinski definition) is 0. The third kappa shape index (κ3) is 2.68. The molecule has 2 rings (SSSR count). The Labute approximate surface area is 121 Å². The van der Waals surface area contributed by atoms with Crippen molar-refractivity contribution in [1.29, 1.82) is 5.26 Å². The maximum absolute atomic E-state index is 11.1. The van der Waals surface area contributed by atoms with Gasteiger partial charge >= 0.3 is 29.6 Å². The van der Waals surface area contributed by atoms with Gasteiger partial charge in [-0.2, -0.15) is 5.26 Å². The summed E-state index contributed by atoms with van der Waals surface area (Å²) in [5, 5.41) is 9.70. The molecule has 2 aromatic rings. The Morgan fingerprint density at radius 3 is 2.35 bits per heavy atom. The number of nitrogens with zero attached hydrogens (tertiary/aromatic N) is 1. The smallest absolute Gasteiger partial charge is 0.744 e. The zero-order valence-electron chi connectivity index (χ0n) is 9.04. The van der Waals surface area contributed by atoms with Gasteiger partial charge in [0.25, 0.3) is 0 Å². The average molecular weight is 255 g/mol. The normalized spacial score (nSPS) is 10.6. The second-order valence-electron chi connectivity index (χ2n) is 3.23. The van der Waals surface area contributed by atoms with Crippen molar-refractivity contribution < 1.29 is 42.5 Å². The fourth-order valence-corrected chi connectivity index (χ4v) is 2.44. The van der Waals surface area contributed by atoms with E-state index in [4.69, 9.17) is 5.26 Å². The SMILES string of the molecule is N#Cc1ccc2ccccc2c1S(=O)(=O)[O-].[Na+]. The average Bonchev–Trinajstić information content (AvgIpc) is 2.26. The van der Waals surface area contributed by atoms with Crippen molar-refractivity contribution in [3.05, 3.63) is 42.0 Å². The quantitative estimate of drug-likeness (QED) is 0.464. The summed E-state index contributed by atoms with van der Waals surface area (Å²) in [6.45, 7) is 0. The van der Waals surface area contributed by atoms with Gasteiger partial charge in [-0.05, 0) is 11.5 Å². The van der Waals surface area contributed by atoms with E-state index >= 15 is 0 Å². The van der Waals surface area contributed by atoms with Crippen LogP contribution in [-0.2, 0) is 10.1 Å². The Morgan fingerprint density at radius 1 is 1.12 bits per heavy atom. The fraction of sp³-hybridized carbons (Fsp3) is 0. The number of benzene rings is 2. The summed E-state index contributed by atoms with van der Waals surface area (Å²) in [7, 11) is -4.64. The maximum Gasteiger partial charge on any atom is 1.00 e. The van der Waals surface area contributed by atoms with Gasteiger partial charge in [-0.25, -0.2) is 8.42 Å². The number of nitriles is 1. The topological polar surface area (TPSA) is 81.0 Å². The van der Waals surface area contributed by atoms with Crippen molar-refractivity contribution in [3.8, 4) is 6.07 Å². The predicted octanol–water partition coefficient (Wildman–Crippen LogP) is -1.38. The largest absolute Gasteiger partial charge is 1.00 e. The Balaban J connectivity index is 0.00000144. The first kappa shape index (κ1) is 14.2. The molecule has 0 saturated carbocycles. The van der Waals surface area contributed by atoms with Crippen LogP contribution in [0.5, 0.6) is 0 Å². The third-order valence-corrected chi connectivity index (χ3v) is 3.19. The van der Waals surface area contributed by atoms with Gasteiger partial charge in [0, 0.05) is 5.39 Å². The Bertz CT molecular complexity index is 704. The van der Waals surface area contributed by atoms with E-state index in [2.05, 4.69) is 0 Å². The Hall–Kier alpha value is -0.900. The Kier molecular flexibility index (Phi) is 4.31. The van der Waals surface area contributed by atoms with Gasteiger partial charge in [0.2, 0.25) is 0 Å². The molecule has 80 valence electrons. The van der Waals surface area contributed by atoms with Gasteiger partial charge in [-0.3, -0.25) is 0 Å². The molecule has 0 saturated heterocycles. The first-order valence-electron chi connectivity index (χ1n) is 4.42. The van der Waals surface area contributed by atoms with Gasteiger partial charge in [-0.15, -0.1) is 0 Å². The van der Waals surface area contributed by atoms with E-state index in [9.17, 15) is 13.0 Å². The minimum atomic E-state index is -4.64. The van der Waals surface area contributed by atoms with Gasteiger partial charge in [0.15, 0.2) is 0 Å². The van der Waals surface area contributed by atoms with Gasteiger partial charge in [0.1, 0.15) is 16.2 Å². The van der Waals surface area contributed by atoms with Gasteiger partial charge in [-0.1, -0.05) is 30.3 Å². The molecule has 0 aliphatic heterocycles. The molecule has 0 aliphatic carbocycles. The molecule has 0 amide bonds. The monoisotopic (exact) mass is 255 g/mol. The van der Waals surface area contributed by atoms with Crippen molar-refractivity contribution in [3.63, 3.8) is 0 Å². The molecule has 0 unspecified atom stereocenters. The molecule has 0 aromatic heterocycles. The van der Waals surface area contributed by atoms with E-state index in [0.717, 1.165) is 0 Å². The van der Waals surface area contributed by atoms with E-state index in [0.29, 0.717) is 5.39 Å². The van der Waals surface area contributed by atoms with Crippen molar-refractivity contribution in [2.24, 2.45) is 0 Å². The van der Waals surface area contributed by atoms with Crippen molar-refractivity contribution >= 4 is 20.9 Å². The summed E-state index contributed by atoms with van der Waals surface area (Å²) in [5.74, 6) is 0. The second kappa shape index (κ2) is 5.17. The van der Waals surface area contributed by atoms with Crippen LogP contribution in [0, 0.1) is 11.3 Å². The molecule has 0 aliphatic rings. The summed E-state index contributed by atoms with van der Waals surface area (Å²) >= 11 is 0. The molecule has 0 atom stereocenters. The number of rotatable bonds is 1. The molecule has 17 heavy (non-hydrogen) atoms. The van der Waals surface area contributed by atoms with E-state index in [-0.39, 0.29) is 40.5 Å². The van der Waals surface area contributed by atoms with Crippen LogP contribution in [0.1, 0.15) is 5.56 Å². The van der Waals surface area contributed by atoms with E-state index < -0.39 is 15.0 Å². The molecule has 0 fully saturated rings. The van der Waals surface area contributed by atoms with Crippen molar-refractivity contribution in [1.82, 2.24) is 0 Å². The van der Waals surface area contributed by atoms with Crippen LogP contribution >= 0.6 is 0 Å². The van der Waals surface area contributed by atoms with Crippen molar-refractivity contribution in [2.75, 3.05) is 0 Å². The zero-order valence-corrected chi connectivity index (χ0v) is 11.9. The molecule has 0 radical (unpaired) electrons. The van der Waals surface area contributed by atoms with Crippen LogP contribution in [0.25, 0.3) is 10.8 Å². The van der Waals surface area contributed by atoms with E-state index in [1.165, 1.54) is 12.1 Å². The van der Waals surface area contributed by atoms with Crippen LogP contribution < -0.4 is 29.6 Å². The molecule has 2 aromatic carbocycles. The molecule has 0 bridgehead atoms. The molecule has 0 N–H and O–H groups in total. The van der Waals surface area contributed by atoms with E-state index in [1.54, 1.807) is 30.3 Å². The summed E-state index contributed by atoms with van der Waals surface area (Å²) < 4.78 is 33.4. The zero-order chi connectivity index (χ0) is 11.8. The first-order chi connectivity index (χ1) is 7.54. The summed E-state index contributed by atoms with van der Waals surface area (Å²) in [6.07, 6.45) is 0.